The first kappa shape index (κ1) is 22.0. The van der Waals surface area contributed by atoms with Gasteiger partial charge in [-0.3, -0.25) is 4.79 Å². The second-order valence-electron chi connectivity index (χ2n) is 7.67. The van der Waals surface area contributed by atoms with Crippen LogP contribution in [0.1, 0.15) is 55.8 Å². The molecule has 1 unspecified atom stereocenters. The Morgan fingerprint density at radius 1 is 1.07 bits per heavy atom. The van der Waals surface area contributed by atoms with E-state index < -0.39 is 0 Å². The van der Waals surface area contributed by atoms with Gasteiger partial charge in [-0.15, -0.1) is 0 Å². The van der Waals surface area contributed by atoms with E-state index >= 15 is 0 Å². The maximum Gasteiger partial charge on any atom is 0.223 e. The quantitative estimate of drug-likeness (QED) is 0.585. The molecule has 5 nitrogen and oxygen atoms in total. The Hall–Kier alpha value is -2.69. The first-order valence-electron chi connectivity index (χ1n) is 10.9. The first-order valence-corrected chi connectivity index (χ1v) is 10.9. The Labute approximate surface area is 179 Å². The van der Waals surface area contributed by atoms with Gasteiger partial charge in [0.1, 0.15) is 12.4 Å². The zero-order valence-corrected chi connectivity index (χ0v) is 18.6. The van der Waals surface area contributed by atoms with Crippen molar-refractivity contribution in [3.8, 4) is 17.2 Å². The van der Waals surface area contributed by atoms with Crippen molar-refractivity contribution in [3.05, 3.63) is 53.1 Å². The number of amides is 1. The number of hydrogen-bond acceptors (Lipinski definition) is 4. The average Bonchev–Trinajstić information content (AvgIpc) is 2.80. The van der Waals surface area contributed by atoms with E-state index in [4.69, 9.17) is 14.2 Å². The SMILES string of the molecule is CCCCC(=O)N1CCc2cc(OC)c(OC)cc2C1COc1ccc(CC)cc1. The third kappa shape index (κ3) is 4.89. The van der Waals surface area contributed by atoms with Crippen LogP contribution in [0.15, 0.2) is 36.4 Å². The van der Waals surface area contributed by atoms with Gasteiger partial charge in [0.25, 0.3) is 0 Å². The number of methoxy groups -OCH3 is 2. The van der Waals surface area contributed by atoms with Gasteiger partial charge < -0.3 is 19.1 Å². The van der Waals surface area contributed by atoms with Crippen LogP contribution in [0, 0.1) is 0 Å². The van der Waals surface area contributed by atoms with E-state index in [0.29, 0.717) is 25.3 Å². The predicted molar refractivity (Wildman–Crippen MR) is 119 cm³/mol. The largest absolute Gasteiger partial charge is 0.493 e. The summed E-state index contributed by atoms with van der Waals surface area (Å²) >= 11 is 0. The maximum atomic E-state index is 13.0. The molecule has 30 heavy (non-hydrogen) atoms. The number of hydrogen-bond donors (Lipinski definition) is 0. The lowest BCUT2D eigenvalue weighted by Crippen LogP contribution is -2.42. The molecule has 0 saturated carbocycles. The molecule has 1 aliphatic rings. The fraction of sp³-hybridized carbons (Fsp3) is 0.480. The van der Waals surface area contributed by atoms with Gasteiger partial charge in [-0.25, -0.2) is 0 Å². The molecule has 0 fully saturated rings. The van der Waals surface area contributed by atoms with Gasteiger partial charge in [0, 0.05) is 13.0 Å². The van der Waals surface area contributed by atoms with Crippen molar-refractivity contribution in [2.75, 3.05) is 27.4 Å². The van der Waals surface area contributed by atoms with Crippen LogP contribution in [0.5, 0.6) is 17.2 Å². The van der Waals surface area contributed by atoms with E-state index in [1.807, 2.05) is 29.2 Å². The molecule has 0 bridgehead atoms. The van der Waals surface area contributed by atoms with Crippen molar-refractivity contribution in [1.82, 2.24) is 4.90 Å². The van der Waals surface area contributed by atoms with Crippen molar-refractivity contribution >= 4 is 5.91 Å². The van der Waals surface area contributed by atoms with Gasteiger partial charge in [-0.1, -0.05) is 32.4 Å². The Balaban J connectivity index is 1.89. The number of fused-ring (bicyclic) bond motifs is 1. The summed E-state index contributed by atoms with van der Waals surface area (Å²) < 4.78 is 17.2. The molecular formula is C25H33NO4. The molecule has 1 atom stereocenters. The number of ether oxygens (including phenoxy) is 3. The number of aryl methyl sites for hydroxylation is 1. The lowest BCUT2D eigenvalue weighted by Gasteiger charge is -2.37. The molecule has 1 heterocycles. The number of rotatable bonds is 9. The van der Waals surface area contributed by atoms with E-state index in [-0.39, 0.29) is 11.9 Å². The molecular weight excluding hydrogens is 378 g/mol. The standard InChI is InChI=1S/C25H33NO4/c1-5-7-8-25(27)26-14-13-19-15-23(28-3)24(29-4)16-21(19)22(26)17-30-20-11-9-18(6-2)10-12-20/h9-12,15-16,22H,5-8,13-14,17H2,1-4H3. The minimum Gasteiger partial charge on any atom is -0.493 e. The molecule has 0 N–H and O–H groups in total. The topological polar surface area (TPSA) is 48.0 Å². The average molecular weight is 412 g/mol. The Kier molecular flexibility index (Phi) is 7.61. The van der Waals surface area contributed by atoms with Crippen LogP contribution < -0.4 is 14.2 Å². The van der Waals surface area contributed by atoms with Crippen molar-refractivity contribution in [2.24, 2.45) is 0 Å². The third-order valence-corrected chi connectivity index (χ3v) is 5.81. The number of unbranched alkanes of at least 4 members (excludes halogenated alkanes) is 1. The summed E-state index contributed by atoms with van der Waals surface area (Å²) in [6.07, 6.45) is 4.28. The van der Waals surface area contributed by atoms with Gasteiger partial charge >= 0.3 is 0 Å². The highest BCUT2D eigenvalue weighted by atomic mass is 16.5. The van der Waals surface area contributed by atoms with Crippen molar-refractivity contribution in [3.63, 3.8) is 0 Å². The lowest BCUT2D eigenvalue weighted by molar-refractivity contribution is -0.135. The third-order valence-electron chi connectivity index (χ3n) is 5.81. The molecule has 1 aliphatic heterocycles. The molecule has 0 aromatic heterocycles. The molecule has 0 aliphatic carbocycles. The van der Waals surface area contributed by atoms with E-state index in [2.05, 4.69) is 26.0 Å². The fourth-order valence-electron chi connectivity index (χ4n) is 3.97. The van der Waals surface area contributed by atoms with Crippen molar-refractivity contribution in [1.29, 1.82) is 0 Å². The Morgan fingerprint density at radius 2 is 1.77 bits per heavy atom. The lowest BCUT2D eigenvalue weighted by atomic mass is 9.91. The van der Waals surface area contributed by atoms with Crippen LogP contribution in [0.25, 0.3) is 0 Å². The monoisotopic (exact) mass is 411 g/mol. The van der Waals surface area contributed by atoms with Gasteiger partial charge in [-0.2, -0.15) is 0 Å². The number of benzene rings is 2. The summed E-state index contributed by atoms with van der Waals surface area (Å²) in [6.45, 7) is 5.34. The normalized spacial score (nSPS) is 15.5. The molecule has 2 aromatic carbocycles. The van der Waals surface area contributed by atoms with E-state index in [1.54, 1.807) is 14.2 Å². The molecule has 162 valence electrons. The smallest absolute Gasteiger partial charge is 0.223 e. The summed E-state index contributed by atoms with van der Waals surface area (Å²) in [5, 5.41) is 0. The summed E-state index contributed by atoms with van der Waals surface area (Å²) in [5.74, 6) is 2.40. The first-order chi connectivity index (χ1) is 14.6. The van der Waals surface area contributed by atoms with Gasteiger partial charge in [0.2, 0.25) is 5.91 Å². The highest BCUT2D eigenvalue weighted by Crippen LogP contribution is 2.38. The number of carbonyl (C=O) groups excluding carboxylic acids is 1. The molecule has 5 heteroatoms. The number of carbonyl (C=O) groups is 1. The molecule has 2 aromatic rings. The summed E-state index contributed by atoms with van der Waals surface area (Å²) in [4.78, 5) is 14.9. The van der Waals surface area contributed by atoms with Crippen LogP contribution in [-0.4, -0.2) is 38.2 Å². The summed E-state index contributed by atoms with van der Waals surface area (Å²) in [5.41, 5.74) is 3.54. The van der Waals surface area contributed by atoms with Crippen LogP contribution in [0.3, 0.4) is 0 Å². The molecule has 0 spiro atoms. The van der Waals surface area contributed by atoms with Crippen molar-refractivity contribution in [2.45, 2.75) is 52.0 Å². The maximum absolute atomic E-state index is 13.0. The predicted octanol–water partition coefficient (Wildman–Crippen LogP) is 4.96. The molecule has 0 saturated heterocycles. The van der Waals surface area contributed by atoms with Crippen LogP contribution >= 0.6 is 0 Å². The zero-order chi connectivity index (χ0) is 21.5. The van der Waals surface area contributed by atoms with Crippen molar-refractivity contribution < 1.29 is 19.0 Å². The summed E-state index contributed by atoms with van der Waals surface area (Å²) in [7, 11) is 3.28. The Bertz CT molecular complexity index is 847. The zero-order valence-electron chi connectivity index (χ0n) is 18.6. The Morgan fingerprint density at radius 3 is 2.40 bits per heavy atom. The van der Waals surface area contributed by atoms with E-state index in [0.717, 1.165) is 42.7 Å². The van der Waals surface area contributed by atoms with Gasteiger partial charge in [-0.05, 0) is 60.2 Å². The fourth-order valence-corrected chi connectivity index (χ4v) is 3.97. The van der Waals surface area contributed by atoms with Crippen LogP contribution in [0.4, 0.5) is 0 Å². The minimum atomic E-state index is -0.149. The minimum absolute atomic E-state index is 0.149. The van der Waals surface area contributed by atoms with Crippen LogP contribution in [0.2, 0.25) is 0 Å². The highest BCUT2D eigenvalue weighted by molar-refractivity contribution is 5.77. The second-order valence-corrected chi connectivity index (χ2v) is 7.67. The van der Waals surface area contributed by atoms with Gasteiger partial charge in [0.05, 0.1) is 20.3 Å². The van der Waals surface area contributed by atoms with E-state index in [9.17, 15) is 4.79 Å². The second kappa shape index (κ2) is 10.4. The van der Waals surface area contributed by atoms with E-state index in [1.165, 1.54) is 11.1 Å². The molecule has 3 rings (SSSR count). The van der Waals surface area contributed by atoms with Crippen LogP contribution in [-0.2, 0) is 17.6 Å². The van der Waals surface area contributed by atoms with Gasteiger partial charge in [0.15, 0.2) is 11.5 Å². The number of nitrogens with zero attached hydrogens (tertiary/aromatic N) is 1. The summed E-state index contributed by atoms with van der Waals surface area (Å²) in [6, 6.07) is 12.1. The highest BCUT2D eigenvalue weighted by Gasteiger charge is 2.32. The molecule has 0 radical (unpaired) electrons. The molecule has 1 amide bonds.